The van der Waals surface area contributed by atoms with Crippen molar-refractivity contribution in [3.05, 3.63) is 12.2 Å². The van der Waals surface area contributed by atoms with Gasteiger partial charge in [0, 0.05) is 5.57 Å². The molecular weight excluding hydrogens is 200 g/mol. The fraction of sp³-hybridized carbons (Fsp3) is 0.786. The van der Waals surface area contributed by atoms with Gasteiger partial charge in [0.05, 0.1) is 6.61 Å². The zero-order chi connectivity index (χ0) is 11.8. The third kappa shape index (κ3) is 2.02. The molecule has 0 spiro atoms. The van der Waals surface area contributed by atoms with E-state index in [1.165, 1.54) is 32.1 Å². The zero-order valence-electron chi connectivity index (χ0n) is 10.4. The molecule has 0 amide bonds. The number of carbonyl (C=O) groups is 1. The molecule has 0 aromatic carbocycles. The quantitative estimate of drug-likeness (QED) is 0.539. The van der Waals surface area contributed by atoms with Crippen molar-refractivity contribution in [3.8, 4) is 0 Å². The molecule has 2 nitrogen and oxygen atoms in total. The van der Waals surface area contributed by atoms with Gasteiger partial charge < -0.3 is 4.74 Å². The number of esters is 1. The predicted octanol–water partition coefficient (Wildman–Crippen LogP) is 3.32. The van der Waals surface area contributed by atoms with Crippen molar-refractivity contribution < 1.29 is 9.53 Å². The summed E-state index contributed by atoms with van der Waals surface area (Å²) in [7, 11) is 0. The lowest BCUT2D eigenvalue weighted by Gasteiger charge is -2.33. The van der Waals surface area contributed by atoms with Gasteiger partial charge in [-0.25, -0.2) is 4.79 Å². The summed E-state index contributed by atoms with van der Waals surface area (Å²) in [6.45, 7) is 8.11. The van der Waals surface area contributed by atoms with E-state index in [1.54, 1.807) is 6.92 Å². The van der Waals surface area contributed by atoms with E-state index in [-0.39, 0.29) is 5.97 Å². The Balaban J connectivity index is 1.86. The topological polar surface area (TPSA) is 26.3 Å². The number of fused-ring (bicyclic) bond motifs is 2. The Labute approximate surface area is 98.1 Å². The minimum atomic E-state index is -0.240. The van der Waals surface area contributed by atoms with Crippen LogP contribution in [-0.2, 0) is 9.53 Å². The molecular formula is C14H22O2. The molecule has 2 aliphatic rings. The Morgan fingerprint density at radius 2 is 2.12 bits per heavy atom. The van der Waals surface area contributed by atoms with Crippen LogP contribution >= 0.6 is 0 Å². The first-order valence-corrected chi connectivity index (χ1v) is 6.36. The number of carbonyl (C=O) groups excluding carboxylic acids is 1. The maximum atomic E-state index is 11.3. The van der Waals surface area contributed by atoms with Crippen LogP contribution in [0.15, 0.2) is 12.2 Å². The van der Waals surface area contributed by atoms with Gasteiger partial charge in [-0.15, -0.1) is 0 Å². The monoisotopic (exact) mass is 222 g/mol. The molecule has 90 valence electrons. The van der Waals surface area contributed by atoms with Crippen LogP contribution in [0.1, 0.15) is 46.0 Å². The van der Waals surface area contributed by atoms with Crippen molar-refractivity contribution in [1.82, 2.24) is 0 Å². The molecule has 1 unspecified atom stereocenters. The highest BCUT2D eigenvalue weighted by Crippen LogP contribution is 2.57. The largest absolute Gasteiger partial charge is 0.462 e. The maximum Gasteiger partial charge on any atom is 0.333 e. The minimum Gasteiger partial charge on any atom is -0.462 e. The molecule has 0 radical (unpaired) electrons. The molecule has 1 atom stereocenters. The lowest BCUT2D eigenvalue weighted by atomic mass is 9.74. The molecule has 2 aliphatic carbocycles. The van der Waals surface area contributed by atoms with Gasteiger partial charge in [-0.1, -0.05) is 13.5 Å². The molecule has 0 aromatic rings. The van der Waals surface area contributed by atoms with Gasteiger partial charge in [-0.2, -0.15) is 0 Å². The lowest BCUT2D eigenvalue weighted by molar-refractivity contribution is -0.141. The summed E-state index contributed by atoms with van der Waals surface area (Å²) in [5.41, 5.74) is 0.987. The second-order valence-electron chi connectivity index (χ2n) is 5.79. The fourth-order valence-electron chi connectivity index (χ4n) is 3.43. The van der Waals surface area contributed by atoms with Crippen LogP contribution in [0, 0.1) is 17.3 Å². The van der Waals surface area contributed by atoms with Crippen molar-refractivity contribution in [2.75, 3.05) is 6.61 Å². The molecule has 2 rings (SSSR count). The van der Waals surface area contributed by atoms with Crippen molar-refractivity contribution in [1.29, 1.82) is 0 Å². The Morgan fingerprint density at radius 1 is 1.50 bits per heavy atom. The summed E-state index contributed by atoms with van der Waals surface area (Å²) in [5, 5.41) is 0. The van der Waals surface area contributed by atoms with Crippen LogP contribution in [-0.4, -0.2) is 12.6 Å². The molecule has 2 saturated carbocycles. The van der Waals surface area contributed by atoms with Crippen LogP contribution in [0.3, 0.4) is 0 Å². The van der Waals surface area contributed by atoms with E-state index in [2.05, 4.69) is 13.5 Å². The highest BCUT2D eigenvalue weighted by Gasteiger charge is 2.48. The minimum absolute atomic E-state index is 0.240. The van der Waals surface area contributed by atoms with E-state index in [9.17, 15) is 4.79 Å². The highest BCUT2D eigenvalue weighted by atomic mass is 16.5. The van der Waals surface area contributed by atoms with E-state index in [0.29, 0.717) is 23.5 Å². The molecule has 2 bridgehead atoms. The van der Waals surface area contributed by atoms with E-state index in [0.717, 1.165) is 5.92 Å². The van der Waals surface area contributed by atoms with Crippen LogP contribution in [0.25, 0.3) is 0 Å². The first kappa shape index (κ1) is 11.7. The Hall–Kier alpha value is -0.790. The van der Waals surface area contributed by atoms with Crippen LogP contribution < -0.4 is 0 Å². The second kappa shape index (κ2) is 4.23. The third-order valence-electron chi connectivity index (χ3n) is 4.65. The zero-order valence-corrected chi connectivity index (χ0v) is 10.4. The molecule has 2 fully saturated rings. The normalized spacial score (nSPS) is 33.8. The van der Waals surface area contributed by atoms with Crippen LogP contribution in [0.5, 0.6) is 0 Å². The Morgan fingerprint density at radius 3 is 2.56 bits per heavy atom. The van der Waals surface area contributed by atoms with Gasteiger partial charge in [-0.05, 0) is 56.3 Å². The van der Waals surface area contributed by atoms with E-state index >= 15 is 0 Å². The van der Waals surface area contributed by atoms with E-state index in [4.69, 9.17) is 4.74 Å². The van der Waals surface area contributed by atoms with Gasteiger partial charge in [0.1, 0.15) is 0 Å². The molecule has 0 heterocycles. The summed E-state index contributed by atoms with van der Waals surface area (Å²) in [6.07, 6.45) is 6.81. The Bertz CT molecular complexity index is 298. The summed E-state index contributed by atoms with van der Waals surface area (Å²) >= 11 is 0. The first-order valence-electron chi connectivity index (χ1n) is 6.36. The van der Waals surface area contributed by atoms with Crippen LogP contribution in [0.4, 0.5) is 0 Å². The smallest absolute Gasteiger partial charge is 0.333 e. The molecule has 0 saturated heterocycles. The predicted molar refractivity (Wildman–Crippen MR) is 63.9 cm³/mol. The molecule has 0 N–H and O–H groups in total. The van der Waals surface area contributed by atoms with Gasteiger partial charge in [0.2, 0.25) is 0 Å². The van der Waals surface area contributed by atoms with Crippen LogP contribution in [0.2, 0.25) is 0 Å². The van der Waals surface area contributed by atoms with Crippen molar-refractivity contribution in [3.63, 3.8) is 0 Å². The molecule has 0 aromatic heterocycles. The average molecular weight is 222 g/mol. The van der Waals surface area contributed by atoms with Crippen molar-refractivity contribution in [2.24, 2.45) is 17.3 Å². The standard InChI is InChI=1S/C14H22O2/c1-10(2)13(15)16-9-11(3)14-6-4-12(8-14)5-7-14/h11-12H,1,4-9H2,2-3H3. The Kier molecular flexibility index (Phi) is 3.09. The SMILES string of the molecule is C=C(C)C(=O)OCC(C)C12CCC(CC1)C2. The van der Waals surface area contributed by atoms with Gasteiger partial charge in [0.25, 0.3) is 0 Å². The highest BCUT2D eigenvalue weighted by molar-refractivity contribution is 5.86. The summed E-state index contributed by atoms with van der Waals surface area (Å²) in [6, 6.07) is 0. The molecule has 0 aliphatic heterocycles. The number of hydrogen-bond acceptors (Lipinski definition) is 2. The molecule has 16 heavy (non-hydrogen) atoms. The summed E-state index contributed by atoms with van der Waals surface area (Å²) in [4.78, 5) is 11.3. The average Bonchev–Trinajstić information content (AvgIpc) is 2.86. The van der Waals surface area contributed by atoms with E-state index in [1.807, 2.05) is 0 Å². The lowest BCUT2D eigenvalue weighted by Crippen LogP contribution is -2.28. The summed E-state index contributed by atoms with van der Waals surface area (Å²) < 4.78 is 5.28. The summed E-state index contributed by atoms with van der Waals surface area (Å²) in [5.74, 6) is 1.22. The first-order chi connectivity index (χ1) is 7.53. The fourth-order valence-corrected chi connectivity index (χ4v) is 3.43. The number of rotatable bonds is 4. The van der Waals surface area contributed by atoms with Crippen molar-refractivity contribution in [2.45, 2.75) is 46.0 Å². The number of hydrogen-bond donors (Lipinski definition) is 0. The van der Waals surface area contributed by atoms with Gasteiger partial charge in [0.15, 0.2) is 0 Å². The van der Waals surface area contributed by atoms with Crippen molar-refractivity contribution >= 4 is 5.97 Å². The van der Waals surface area contributed by atoms with Gasteiger partial charge >= 0.3 is 5.97 Å². The number of ether oxygens (including phenoxy) is 1. The van der Waals surface area contributed by atoms with E-state index < -0.39 is 0 Å². The molecule has 2 heteroatoms. The van der Waals surface area contributed by atoms with Gasteiger partial charge in [-0.3, -0.25) is 0 Å². The second-order valence-corrected chi connectivity index (χ2v) is 5.79. The third-order valence-corrected chi connectivity index (χ3v) is 4.65. The maximum absolute atomic E-state index is 11.3.